The number of para-hydroxylation sites is 4. The second kappa shape index (κ2) is 13.4. The fourth-order valence-electron chi connectivity index (χ4n) is 10.8. The quantitative estimate of drug-likeness (QED) is 0.167. The highest BCUT2D eigenvalue weighted by Gasteiger charge is 2.54. The lowest BCUT2D eigenvalue weighted by atomic mass is 9.69. The van der Waals surface area contributed by atoms with E-state index in [1.54, 1.807) is 0 Å². The summed E-state index contributed by atoms with van der Waals surface area (Å²) in [6.07, 6.45) is 0. The molecule has 3 nitrogen and oxygen atoms in total. The van der Waals surface area contributed by atoms with Crippen LogP contribution in [0.25, 0.3) is 55.0 Å². The van der Waals surface area contributed by atoms with Gasteiger partial charge in [0.05, 0.1) is 16.8 Å². The van der Waals surface area contributed by atoms with Crippen LogP contribution in [0, 0.1) is 0 Å². The molecule has 11 aromatic rings. The summed E-state index contributed by atoms with van der Waals surface area (Å²) in [4.78, 5) is 4.92. The third-order valence-electron chi connectivity index (χ3n) is 13.2. The van der Waals surface area contributed by atoms with Crippen LogP contribution in [-0.2, 0) is 5.41 Å². The van der Waals surface area contributed by atoms with Gasteiger partial charge in [0.2, 0.25) is 0 Å². The van der Waals surface area contributed by atoms with Crippen LogP contribution in [0.2, 0.25) is 0 Å². The molecule has 1 unspecified atom stereocenters. The Labute approximate surface area is 360 Å². The summed E-state index contributed by atoms with van der Waals surface area (Å²) in [5, 5.41) is 4.65. The zero-order chi connectivity index (χ0) is 40.8. The largest absolute Gasteiger partial charge is 0.456 e. The molecular formula is C59H38N2O. The number of nitrogens with zero attached hydrogens (tertiary/aromatic N) is 2. The van der Waals surface area contributed by atoms with E-state index >= 15 is 0 Å². The number of rotatable bonds is 6. The lowest BCUT2D eigenvalue weighted by Gasteiger charge is -2.36. The van der Waals surface area contributed by atoms with Crippen molar-refractivity contribution in [1.82, 2.24) is 0 Å². The first kappa shape index (κ1) is 34.7. The third-order valence-corrected chi connectivity index (χ3v) is 13.2. The molecule has 3 heteroatoms. The fraction of sp³-hybridized carbons (Fsp3) is 0.0169. The molecule has 1 atom stereocenters. The van der Waals surface area contributed by atoms with Gasteiger partial charge < -0.3 is 14.2 Å². The van der Waals surface area contributed by atoms with E-state index in [2.05, 4.69) is 234 Å². The van der Waals surface area contributed by atoms with Crippen molar-refractivity contribution in [3.05, 3.63) is 253 Å². The van der Waals surface area contributed by atoms with Crippen molar-refractivity contribution in [3.8, 4) is 22.3 Å². The number of hydrogen-bond donors (Lipinski definition) is 0. The summed E-state index contributed by atoms with van der Waals surface area (Å²) in [6.45, 7) is 0. The molecule has 2 aliphatic rings. The lowest BCUT2D eigenvalue weighted by molar-refractivity contribution is 0.669. The van der Waals surface area contributed by atoms with Gasteiger partial charge in [0.25, 0.3) is 0 Å². The maximum atomic E-state index is 6.40. The van der Waals surface area contributed by atoms with Crippen LogP contribution < -0.4 is 9.80 Å². The van der Waals surface area contributed by atoms with Crippen LogP contribution in [0.5, 0.6) is 0 Å². The van der Waals surface area contributed by atoms with E-state index in [0.717, 1.165) is 56.1 Å². The average molecular weight is 791 g/mol. The summed E-state index contributed by atoms with van der Waals surface area (Å²) >= 11 is 0. The van der Waals surface area contributed by atoms with Crippen molar-refractivity contribution in [1.29, 1.82) is 0 Å². The Morgan fingerprint density at radius 1 is 0.323 bits per heavy atom. The van der Waals surface area contributed by atoms with Crippen molar-refractivity contribution in [3.63, 3.8) is 0 Å². The zero-order valence-electron chi connectivity index (χ0n) is 33.7. The number of benzene rings is 10. The van der Waals surface area contributed by atoms with E-state index in [9.17, 15) is 0 Å². The lowest BCUT2D eigenvalue weighted by Crippen LogP contribution is -2.28. The highest BCUT2D eigenvalue weighted by atomic mass is 16.3. The monoisotopic (exact) mass is 790 g/mol. The minimum Gasteiger partial charge on any atom is -0.456 e. The minimum absolute atomic E-state index is 0.661. The number of furan rings is 1. The molecule has 0 saturated carbocycles. The maximum Gasteiger partial charge on any atom is 0.135 e. The van der Waals surface area contributed by atoms with E-state index in [-0.39, 0.29) is 0 Å². The molecule has 1 heterocycles. The molecule has 290 valence electrons. The van der Waals surface area contributed by atoms with Gasteiger partial charge in [0.1, 0.15) is 11.2 Å². The highest BCUT2D eigenvalue weighted by molar-refractivity contribution is 6.12. The van der Waals surface area contributed by atoms with E-state index in [1.807, 2.05) is 6.07 Å². The van der Waals surface area contributed by atoms with Crippen molar-refractivity contribution in [2.45, 2.75) is 5.41 Å². The van der Waals surface area contributed by atoms with Gasteiger partial charge in [0, 0.05) is 44.6 Å². The summed E-state index contributed by atoms with van der Waals surface area (Å²) in [5.41, 5.74) is 18.0. The second-order valence-electron chi connectivity index (χ2n) is 16.4. The normalized spacial score (nSPS) is 14.5. The average Bonchev–Trinajstić information content (AvgIpc) is 3.97. The van der Waals surface area contributed by atoms with Crippen LogP contribution in [0.4, 0.5) is 34.1 Å². The fourth-order valence-corrected chi connectivity index (χ4v) is 10.8. The predicted molar refractivity (Wildman–Crippen MR) is 257 cm³/mol. The van der Waals surface area contributed by atoms with E-state index in [0.29, 0.717) is 0 Å². The molecule has 0 N–H and O–H groups in total. The summed E-state index contributed by atoms with van der Waals surface area (Å²) in [5.74, 6) is 0. The number of anilines is 6. The molecule has 0 radical (unpaired) electrons. The summed E-state index contributed by atoms with van der Waals surface area (Å²) in [7, 11) is 0. The van der Waals surface area contributed by atoms with Gasteiger partial charge in [-0.1, -0.05) is 158 Å². The molecule has 0 aliphatic heterocycles. The van der Waals surface area contributed by atoms with Crippen LogP contribution in [0.15, 0.2) is 235 Å². The Balaban J connectivity index is 1.18. The molecule has 62 heavy (non-hydrogen) atoms. The van der Waals surface area contributed by atoms with Crippen molar-refractivity contribution < 1.29 is 4.42 Å². The maximum absolute atomic E-state index is 6.40. The first-order valence-corrected chi connectivity index (χ1v) is 21.4. The van der Waals surface area contributed by atoms with E-state index < -0.39 is 5.41 Å². The molecule has 0 fully saturated rings. The molecule has 0 amide bonds. The van der Waals surface area contributed by atoms with Crippen LogP contribution in [0.3, 0.4) is 0 Å². The smallest absolute Gasteiger partial charge is 0.135 e. The van der Waals surface area contributed by atoms with Gasteiger partial charge in [0.15, 0.2) is 0 Å². The van der Waals surface area contributed by atoms with Gasteiger partial charge in [-0.3, -0.25) is 0 Å². The molecule has 1 aromatic heterocycles. The molecule has 2 aliphatic carbocycles. The number of fused-ring (bicyclic) bond motifs is 15. The molecule has 0 saturated heterocycles. The van der Waals surface area contributed by atoms with Crippen molar-refractivity contribution >= 4 is 66.8 Å². The van der Waals surface area contributed by atoms with Crippen molar-refractivity contribution in [2.24, 2.45) is 0 Å². The Morgan fingerprint density at radius 3 is 1.52 bits per heavy atom. The molecule has 10 aromatic carbocycles. The molecular weight excluding hydrogens is 753 g/mol. The Bertz CT molecular complexity index is 3500. The Morgan fingerprint density at radius 2 is 0.839 bits per heavy atom. The minimum atomic E-state index is -0.661. The second-order valence-corrected chi connectivity index (χ2v) is 16.4. The van der Waals surface area contributed by atoms with Gasteiger partial charge in [-0.2, -0.15) is 0 Å². The first-order valence-electron chi connectivity index (χ1n) is 21.4. The topological polar surface area (TPSA) is 19.6 Å². The Hall–Kier alpha value is -8.14. The number of hydrogen-bond acceptors (Lipinski definition) is 3. The van der Waals surface area contributed by atoms with Crippen LogP contribution in [0.1, 0.15) is 22.3 Å². The molecule has 13 rings (SSSR count). The van der Waals surface area contributed by atoms with E-state index in [4.69, 9.17) is 4.42 Å². The SMILES string of the molecule is c1ccc(N(c2ccccc2)c2cccc3c2-c2ccccc2C32c3ccccc3-c3c2c(N(c2ccccc2)c2ccc4oc5ccccc5c4c2)cc2ccccc32)cc1. The molecule has 1 spiro atoms. The van der Waals surface area contributed by atoms with E-state index in [1.165, 1.54) is 55.3 Å². The van der Waals surface area contributed by atoms with Crippen molar-refractivity contribution in [2.75, 3.05) is 9.80 Å². The molecule has 0 bridgehead atoms. The van der Waals surface area contributed by atoms with Crippen LogP contribution in [-0.4, -0.2) is 0 Å². The van der Waals surface area contributed by atoms with Gasteiger partial charge >= 0.3 is 0 Å². The zero-order valence-corrected chi connectivity index (χ0v) is 33.7. The van der Waals surface area contributed by atoms with Gasteiger partial charge in [-0.05, 0) is 117 Å². The summed E-state index contributed by atoms with van der Waals surface area (Å²) < 4.78 is 6.40. The first-order chi connectivity index (χ1) is 30.8. The van der Waals surface area contributed by atoms with Crippen LogP contribution >= 0.6 is 0 Å². The summed E-state index contributed by atoms with van der Waals surface area (Å²) in [6, 6.07) is 84.2. The van der Waals surface area contributed by atoms with Gasteiger partial charge in [-0.15, -0.1) is 0 Å². The predicted octanol–water partition coefficient (Wildman–Crippen LogP) is 16.0. The Kier molecular flexibility index (Phi) is 7.52. The standard InChI is InChI=1S/C59H38N2O/c1-4-20-40(21-5-1)60(41-22-6-2-7-23-41)52-33-18-32-51-57(52)47-29-13-16-31-50(47)59(51)49-30-15-12-28-46(49)56-44-26-11-10-19-39(44)37-53(58(56)59)61(42-24-8-3-9-25-42)43-35-36-55-48(38-43)45-27-14-17-34-54(45)62-55/h1-38H. The van der Waals surface area contributed by atoms with Gasteiger partial charge in [-0.25, -0.2) is 0 Å². The highest BCUT2D eigenvalue weighted by Crippen LogP contribution is 2.68. The third kappa shape index (κ3) is 4.82.